The number of carbonyl (C=O) groups is 2. The van der Waals surface area contributed by atoms with Crippen LogP contribution in [0.4, 0.5) is 0 Å². The Bertz CT molecular complexity index is 933. The fourth-order valence-electron chi connectivity index (χ4n) is 3.55. The monoisotopic (exact) mass is 395 g/mol. The average molecular weight is 395 g/mol. The molecule has 0 aromatic heterocycles. The molecule has 1 aliphatic heterocycles. The maximum absolute atomic E-state index is 12.9. The Labute approximate surface area is 170 Å². The molecule has 2 aromatic carbocycles. The number of hydrogen-bond donors (Lipinski definition) is 1. The summed E-state index contributed by atoms with van der Waals surface area (Å²) in [6, 6.07) is 13.7. The third kappa shape index (κ3) is 4.03. The number of amides is 1. The summed E-state index contributed by atoms with van der Waals surface area (Å²) in [5.74, 6) is -0.858. The Balaban J connectivity index is 2.12. The van der Waals surface area contributed by atoms with Crippen molar-refractivity contribution in [1.82, 2.24) is 4.90 Å². The summed E-state index contributed by atoms with van der Waals surface area (Å²) >= 11 is 0. The molecule has 2 aromatic rings. The molecule has 152 valence electrons. The largest absolute Gasteiger partial charge is 0.507 e. The van der Waals surface area contributed by atoms with Gasteiger partial charge in [-0.3, -0.25) is 9.59 Å². The number of rotatable bonds is 7. The standard InChI is InChI=1S/C23H25NO5/c1-4-29-17-11-9-16(10-12-17)21(25)19-20(18-8-6-5-7-15(18)2)24(13-14-28-3)23(27)22(19)26/h5-12,20,25H,4,13-14H2,1-3H3/b21-19-. The number of aliphatic hydroxyl groups excluding tert-OH is 1. The lowest BCUT2D eigenvalue weighted by Gasteiger charge is -2.26. The van der Waals surface area contributed by atoms with Crippen molar-refractivity contribution in [1.29, 1.82) is 0 Å². The summed E-state index contributed by atoms with van der Waals surface area (Å²) in [6.07, 6.45) is 0. The Hall–Kier alpha value is -3.12. The van der Waals surface area contributed by atoms with E-state index in [1.807, 2.05) is 38.1 Å². The van der Waals surface area contributed by atoms with Gasteiger partial charge in [-0.15, -0.1) is 0 Å². The maximum atomic E-state index is 12.9. The first-order valence-corrected chi connectivity index (χ1v) is 9.55. The van der Waals surface area contributed by atoms with Gasteiger partial charge in [0.15, 0.2) is 0 Å². The van der Waals surface area contributed by atoms with Crippen LogP contribution in [0.15, 0.2) is 54.1 Å². The number of carbonyl (C=O) groups excluding carboxylic acids is 2. The van der Waals surface area contributed by atoms with Gasteiger partial charge < -0.3 is 19.5 Å². The number of nitrogens with zero attached hydrogens (tertiary/aromatic N) is 1. The van der Waals surface area contributed by atoms with Crippen molar-refractivity contribution in [3.8, 4) is 5.75 Å². The minimum atomic E-state index is -0.694. The van der Waals surface area contributed by atoms with Gasteiger partial charge in [0.05, 0.1) is 24.8 Å². The van der Waals surface area contributed by atoms with Crippen molar-refractivity contribution in [2.45, 2.75) is 19.9 Å². The number of methoxy groups -OCH3 is 1. The minimum absolute atomic E-state index is 0.0876. The van der Waals surface area contributed by atoms with Gasteiger partial charge in [0.1, 0.15) is 11.5 Å². The molecule has 1 aliphatic rings. The maximum Gasteiger partial charge on any atom is 0.295 e. The molecule has 0 spiro atoms. The molecule has 1 amide bonds. The molecule has 1 fully saturated rings. The molecule has 6 heteroatoms. The zero-order valence-corrected chi connectivity index (χ0v) is 16.8. The van der Waals surface area contributed by atoms with Crippen LogP contribution in [0.1, 0.15) is 29.7 Å². The van der Waals surface area contributed by atoms with E-state index in [1.54, 1.807) is 31.4 Å². The van der Waals surface area contributed by atoms with Gasteiger partial charge in [0, 0.05) is 19.2 Å². The highest BCUT2D eigenvalue weighted by Crippen LogP contribution is 2.40. The zero-order chi connectivity index (χ0) is 21.0. The summed E-state index contributed by atoms with van der Waals surface area (Å²) in [5, 5.41) is 11.0. The lowest BCUT2D eigenvalue weighted by molar-refractivity contribution is -0.140. The number of ketones is 1. The SMILES string of the molecule is CCOc1ccc(/C(O)=C2/C(=O)C(=O)N(CCOC)C2c2ccccc2C)cc1. The van der Waals surface area contributed by atoms with Gasteiger partial charge in [0.2, 0.25) is 0 Å². The zero-order valence-electron chi connectivity index (χ0n) is 16.8. The van der Waals surface area contributed by atoms with E-state index in [0.29, 0.717) is 24.5 Å². The van der Waals surface area contributed by atoms with Gasteiger partial charge in [0.25, 0.3) is 11.7 Å². The van der Waals surface area contributed by atoms with Crippen molar-refractivity contribution in [3.63, 3.8) is 0 Å². The van der Waals surface area contributed by atoms with Crippen molar-refractivity contribution in [2.24, 2.45) is 0 Å². The Morgan fingerprint density at radius 2 is 1.79 bits per heavy atom. The summed E-state index contributed by atoms with van der Waals surface area (Å²) in [4.78, 5) is 27.1. The molecule has 0 bridgehead atoms. The van der Waals surface area contributed by atoms with Crippen molar-refractivity contribution in [3.05, 3.63) is 70.8 Å². The van der Waals surface area contributed by atoms with Crippen molar-refractivity contribution in [2.75, 3.05) is 26.9 Å². The molecule has 29 heavy (non-hydrogen) atoms. The first-order chi connectivity index (χ1) is 14.0. The van der Waals surface area contributed by atoms with Gasteiger partial charge in [-0.25, -0.2) is 0 Å². The third-order valence-corrected chi connectivity index (χ3v) is 5.00. The minimum Gasteiger partial charge on any atom is -0.507 e. The molecule has 1 N–H and O–H groups in total. The molecule has 3 rings (SSSR count). The Morgan fingerprint density at radius 1 is 1.10 bits per heavy atom. The second-order valence-corrected chi connectivity index (χ2v) is 6.80. The number of likely N-dealkylation sites (tertiary alicyclic amines) is 1. The number of aryl methyl sites for hydroxylation is 1. The van der Waals surface area contributed by atoms with E-state index in [4.69, 9.17) is 9.47 Å². The smallest absolute Gasteiger partial charge is 0.295 e. The van der Waals surface area contributed by atoms with Crippen LogP contribution in [-0.2, 0) is 14.3 Å². The van der Waals surface area contributed by atoms with Gasteiger partial charge in [-0.2, -0.15) is 0 Å². The van der Waals surface area contributed by atoms with Gasteiger partial charge >= 0.3 is 0 Å². The number of Topliss-reactive ketones (excluding diaryl/α,β-unsaturated/α-hetero) is 1. The van der Waals surface area contributed by atoms with Crippen molar-refractivity contribution < 1.29 is 24.2 Å². The van der Waals surface area contributed by atoms with Gasteiger partial charge in [-0.05, 0) is 49.2 Å². The summed E-state index contributed by atoms with van der Waals surface area (Å²) < 4.78 is 10.6. The lowest BCUT2D eigenvalue weighted by atomic mass is 9.92. The number of hydrogen-bond acceptors (Lipinski definition) is 5. The second-order valence-electron chi connectivity index (χ2n) is 6.80. The Morgan fingerprint density at radius 3 is 2.41 bits per heavy atom. The van der Waals surface area contributed by atoms with Crippen LogP contribution < -0.4 is 4.74 Å². The fraction of sp³-hybridized carbons (Fsp3) is 0.304. The molecule has 1 saturated heterocycles. The van der Waals surface area contributed by atoms with E-state index < -0.39 is 17.7 Å². The molecule has 1 unspecified atom stereocenters. The lowest BCUT2D eigenvalue weighted by Crippen LogP contribution is -2.32. The molecular formula is C23H25NO5. The van der Waals surface area contributed by atoms with Crippen LogP contribution in [0.2, 0.25) is 0 Å². The fourth-order valence-corrected chi connectivity index (χ4v) is 3.55. The number of ether oxygens (including phenoxy) is 2. The molecule has 6 nitrogen and oxygen atoms in total. The average Bonchev–Trinajstić information content (AvgIpc) is 2.97. The first kappa shape index (κ1) is 20.6. The molecule has 1 heterocycles. The molecule has 0 aliphatic carbocycles. The van der Waals surface area contributed by atoms with Crippen LogP contribution in [0.25, 0.3) is 5.76 Å². The van der Waals surface area contributed by atoms with Crippen LogP contribution in [0.3, 0.4) is 0 Å². The molecular weight excluding hydrogens is 370 g/mol. The van der Waals surface area contributed by atoms with Crippen LogP contribution in [-0.4, -0.2) is 48.6 Å². The van der Waals surface area contributed by atoms with E-state index in [-0.39, 0.29) is 17.9 Å². The van der Waals surface area contributed by atoms with E-state index in [9.17, 15) is 14.7 Å². The normalized spacial score (nSPS) is 18.3. The highest BCUT2D eigenvalue weighted by Gasteiger charge is 2.46. The summed E-state index contributed by atoms with van der Waals surface area (Å²) in [7, 11) is 1.54. The highest BCUT2D eigenvalue weighted by molar-refractivity contribution is 6.46. The molecule has 0 saturated carbocycles. The van der Waals surface area contributed by atoms with E-state index in [1.165, 1.54) is 4.90 Å². The summed E-state index contributed by atoms with van der Waals surface area (Å²) in [5.41, 5.74) is 2.27. The first-order valence-electron chi connectivity index (χ1n) is 9.55. The Kier molecular flexibility index (Phi) is 6.34. The quantitative estimate of drug-likeness (QED) is 0.441. The predicted molar refractivity (Wildman–Crippen MR) is 110 cm³/mol. The van der Waals surface area contributed by atoms with Crippen LogP contribution in [0.5, 0.6) is 5.75 Å². The molecule has 1 atom stereocenters. The summed E-state index contributed by atoms with van der Waals surface area (Å²) in [6.45, 7) is 4.88. The van der Waals surface area contributed by atoms with Gasteiger partial charge in [-0.1, -0.05) is 24.3 Å². The van der Waals surface area contributed by atoms with E-state index in [2.05, 4.69) is 0 Å². The second kappa shape index (κ2) is 8.92. The van der Waals surface area contributed by atoms with E-state index >= 15 is 0 Å². The van der Waals surface area contributed by atoms with Crippen LogP contribution in [0, 0.1) is 6.92 Å². The van der Waals surface area contributed by atoms with Crippen molar-refractivity contribution >= 4 is 17.4 Å². The van der Waals surface area contributed by atoms with Crippen LogP contribution >= 0.6 is 0 Å². The third-order valence-electron chi connectivity index (χ3n) is 5.00. The highest BCUT2D eigenvalue weighted by atomic mass is 16.5. The van der Waals surface area contributed by atoms with E-state index in [0.717, 1.165) is 11.1 Å². The predicted octanol–water partition coefficient (Wildman–Crippen LogP) is 3.46. The molecule has 0 radical (unpaired) electrons. The topological polar surface area (TPSA) is 76.1 Å². The number of aliphatic hydroxyl groups is 1. The number of benzene rings is 2.